The fraction of sp³-hybridized carbons (Fsp3) is 0.450. The Labute approximate surface area is 187 Å². The van der Waals surface area contributed by atoms with E-state index in [0.717, 1.165) is 0 Å². The molecule has 1 aromatic heterocycles. The Bertz CT molecular complexity index is 998. The first-order valence-electron chi connectivity index (χ1n) is 9.44. The van der Waals surface area contributed by atoms with Crippen molar-refractivity contribution in [2.45, 2.75) is 39.3 Å². The molecule has 0 radical (unpaired) electrons. The summed E-state index contributed by atoms with van der Waals surface area (Å²) < 4.78 is 20.4. The van der Waals surface area contributed by atoms with E-state index < -0.39 is 11.4 Å². The number of amides is 2. The number of ether oxygens (including phenoxy) is 1. The SMILES string of the molecule is CC1CN(c2c(NC=O)cnc3c(F)c(Br)c(Cl)cc23)CCN1C(=O)OC(C)(C)C. The van der Waals surface area contributed by atoms with Crippen molar-refractivity contribution in [2.75, 3.05) is 29.9 Å². The lowest BCUT2D eigenvalue weighted by atomic mass is 10.1. The largest absolute Gasteiger partial charge is 0.444 e. The number of halogens is 3. The number of nitrogens with zero attached hydrogens (tertiary/aromatic N) is 3. The van der Waals surface area contributed by atoms with Crippen LogP contribution in [0.2, 0.25) is 5.02 Å². The monoisotopic (exact) mass is 500 g/mol. The van der Waals surface area contributed by atoms with E-state index in [-0.39, 0.29) is 27.1 Å². The van der Waals surface area contributed by atoms with Crippen molar-refractivity contribution in [1.29, 1.82) is 0 Å². The summed E-state index contributed by atoms with van der Waals surface area (Å²) >= 11 is 9.33. The Kier molecular flexibility index (Phi) is 6.43. The fourth-order valence-corrected chi connectivity index (χ4v) is 3.98. The second kappa shape index (κ2) is 8.55. The van der Waals surface area contributed by atoms with Crippen molar-refractivity contribution in [3.05, 3.63) is 27.6 Å². The van der Waals surface area contributed by atoms with Crippen LogP contribution >= 0.6 is 27.5 Å². The lowest BCUT2D eigenvalue weighted by molar-refractivity contribution is -0.105. The van der Waals surface area contributed by atoms with Gasteiger partial charge in [-0.05, 0) is 49.7 Å². The second-order valence-electron chi connectivity index (χ2n) is 8.13. The average molecular weight is 502 g/mol. The van der Waals surface area contributed by atoms with Crippen LogP contribution in [0, 0.1) is 5.82 Å². The van der Waals surface area contributed by atoms with Crippen molar-refractivity contribution in [3.63, 3.8) is 0 Å². The number of aromatic nitrogens is 1. The third-order valence-electron chi connectivity index (χ3n) is 4.76. The van der Waals surface area contributed by atoms with Crippen molar-refractivity contribution >= 4 is 62.3 Å². The van der Waals surface area contributed by atoms with E-state index in [2.05, 4.69) is 26.2 Å². The molecule has 2 amide bonds. The molecule has 1 N–H and O–H groups in total. The lowest BCUT2D eigenvalue weighted by Gasteiger charge is -2.42. The summed E-state index contributed by atoms with van der Waals surface area (Å²) in [5.74, 6) is -0.572. The van der Waals surface area contributed by atoms with Crippen molar-refractivity contribution < 1.29 is 18.7 Å². The molecule has 1 atom stereocenters. The smallest absolute Gasteiger partial charge is 0.410 e. The zero-order valence-corrected chi connectivity index (χ0v) is 19.5. The minimum atomic E-state index is -0.585. The van der Waals surface area contributed by atoms with Crippen LogP contribution in [0.1, 0.15) is 27.7 Å². The van der Waals surface area contributed by atoms with Crippen LogP contribution in [0.3, 0.4) is 0 Å². The van der Waals surface area contributed by atoms with E-state index in [1.54, 1.807) is 11.0 Å². The molecule has 1 saturated heterocycles. The van der Waals surface area contributed by atoms with E-state index >= 15 is 0 Å². The van der Waals surface area contributed by atoms with Gasteiger partial charge in [-0.3, -0.25) is 9.78 Å². The molecule has 0 aliphatic carbocycles. The quantitative estimate of drug-likeness (QED) is 0.483. The van der Waals surface area contributed by atoms with Crippen LogP contribution in [0.25, 0.3) is 10.9 Å². The number of hydrogen-bond donors (Lipinski definition) is 1. The highest BCUT2D eigenvalue weighted by atomic mass is 79.9. The maximum absolute atomic E-state index is 14.8. The number of nitrogens with one attached hydrogen (secondary N) is 1. The van der Waals surface area contributed by atoms with Crippen LogP contribution in [-0.4, -0.2) is 53.7 Å². The molecule has 1 aromatic carbocycles. The Hall–Kier alpha value is -2.13. The first-order chi connectivity index (χ1) is 14.0. The minimum Gasteiger partial charge on any atom is -0.444 e. The summed E-state index contributed by atoms with van der Waals surface area (Å²) in [6.07, 6.45) is 1.59. The number of carbonyl (C=O) groups is 2. The molecular weight excluding hydrogens is 479 g/mol. The normalized spacial score (nSPS) is 17.2. The fourth-order valence-electron chi connectivity index (χ4n) is 3.49. The topological polar surface area (TPSA) is 74.8 Å². The Morgan fingerprint density at radius 1 is 1.43 bits per heavy atom. The van der Waals surface area contributed by atoms with Crippen molar-refractivity contribution in [1.82, 2.24) is 9.88 Å². The molecule has 0 spiro atoms. The molecule has 0 bridgehead atoms. The van der Waals surface area contributed by atoms with Gasteiger partial charge in [0.2, 0.25) is 6.41 Å². The number of hydrogen-bond acceptors (Lipinski definition) is 5. The number of anilines is 2. The predicted molar refractivity (Wildman–Crippen MR) is 119 cm³/mol. The van der Waals surface area contributed by atoms with Gasteiger partial charge in [0.05, 0.1) is 27.1 Å². The Morgan fingerprint density at radius 2 is 2.13 bits per heavy atom. The van der Waals surface area contributed by atoms with Crippen LogP contribution in [-0.2, 0) is 9.53 Å². The molecule has 2 heterocycles. The third kappa shape index (κ3) is 4.46. The number of pyridine rings is 1. The number of piperazine rings is 1. The minimum absolute atomic E-state index is 0.134. The summed E-state index contributed by atoms with van der Waals surface area (Å²) in [6, 6.07) is 1.45. The molecule has 1 aliphatic rings. The van der Waals surface area contributed by atoms with Crippen LogP contribution in [0.15, 0.2) is 16.7 Å². The van der Waals surface area contributed by atoms with E-state index in [4.69, 9.17) is 16.3 Å². The van der Waals surface area contributed by atoms with Gasteiger partial charge in [0.25, 0.3) is 0 Å². The van der Waals surface area contributed by atoms with Gasteiger partial charge >= 0.3 is 6.09 Å². The Morgan fingerprint density at radius 3 is 2.73 bits per heavy atom. The number of benzene rings is 1. The molecule has 1 fully saturated rings. The summed E-state index contributed by atoms with van der Waals surface area (Å²) in [5.41, 5.74) is 0.599. The number of fused-ring (bicyclic) bond motifs is 1. The van der Waals surface area contributed by atoms with Gasteiger partial charge < -0.3 is 19.9 Å². The van der Waals surface area contributed by atoms with Gasteiger partial charge in [-0.25, -0.2) is 9.18 Å². The van der Waals surface area contributed by atoms with Crippen LogP contribution < -0.4 is 10.2 Å². The molecule has 1 unspecified atom stereocenters. The molecular formula is C20H23BrClFN4O3. The van der Waals surface area contributed by atoms with Gasteiger partial charge in [0.15, 0.2) is 5.82 Å². The molecule has 3 rings (SSSR count). The van der Waals surface area contributed by atoms with Gasteiger partial charge in [0, 0.05) is 31.1 Å². The van der Waals surface area contributed by atoms with E-state index in [9.17, 15) is 14.0 Å². The number of rotatable bonds is 3. The average Bonchev–Trinajstić information content (AvgIpc) is 2.64. The summed E-state index contributed by atoms with van der Waals surface area (Å²) in [6.45, 7) is 8.71. The van der Waals surface area contributed by atoms with Gasteiger partial charge in [-0.2, -0.15) is 0 Å². The highest BCUT2D eigenvalue weighted by Crippen LogP contribution is 2.40. The third-order valence-corrected chi connectivity index (χ3v) is 6.06. The van der Waals surface area contributed by atoms with E-state index in [1.165, 1.54) is 6.20 Å². The lowest BCUT2D eigenvalue weighted by Crippen LogP contribution is -2.55. The maximum atomic E-state index is 14.8. The molecule has 1 aliphatic heterocycles. The molecule has 30 heavy (non-hydrogen) atoms. The van der Waals surface area contributed by atoms with E-state index in [0.29, 0.717) is 42.8 Å². The zero-order valence-electron chi connectivity index (χ0n) is 17.1. The predicted octanol–water partition coefficient (Wildman–Crippen LogP) is 4.80. The first kappa shape index (κ1) is 22.6. The van der Waals surface area contributed by atoms with E-state index in [1.807, 2.05) is 32.6 Å². The summed E-state index contributed by atoms with van der Waals surface area (Å²) in [5, 5.41) is 3.31. The van der Waals surface area contributed by atoms with Crippen LogP contribution in [0.5, 0.6) is 0 Å². The second-order valence-corrected chi connectivity index (χ2v) is 9.33. The zero-order chi connectivity index (χ0) is 22.2. The van der Waals surface area contributed by atoms with Crippen molar-refractivity contribution in [3.8, 4) is 0 Å². The maximum Gasteiger partial charge on any atom is 0.410 e. The van der Waals surface area contributed by atoms with Crippen LogP contribution in [0.4, 0.5) is 20.6 Å². The molecule has 0 saturated carbocycles. The standard InChI is InChI=1S/C20H23BrClFN4O3/c1-11-9-26(5-6-27(11)19(29)30-20(2,3)4)18-12-7-13(22)15(21)16(23)17(12)24-8-14(18)25-10-28/h7-8,10-11H,5-6,9H2,1-4H3,(H,25,28). The highest BCUT2D eigenvalue weighted by Gasteiger charge is 2.32. The summed E-state index contributed by atoms with van der Waals surface area (Å²) in [4.78, 5) is 31.5. The van der Waals surface area contributed by atoms with Crippen molar-refractivity contribution in [2.24, 2.45) is 0 Å². The molecule has 7 nitrogen and oxygen atoms in total. The highest BCUT2D eigenvalue weighted by molar-refractivity contribution is 9.10. The Balaban J connectivity index is 1.99. The number of carbonyl (C=O) groups excluding carboxylic acids is 2. The van der Waals surface area contributed by atoms with Gasteiger partial charge in [0.1, 0.15) is 11.1 Å². The van der Waals surface area contributed by atoms with Gasteiger partial charge in [-0.15, -0.1) is 0 Å². The van der Waals surface area contributed by atoms with Gasteiger partial charge in [-0.1, -0.05) is 11.6 Å². The molecule has 2 aromatic rings. The summed E-state index contributed by atoms with van der Waals surface area (Å²) in [7, 11) is 0. The first-order valence-corrected chi connectivity index (χ1v) is 10.6. The molecule has 162 valence electrons. The molecule has 10 heteroatoms.